The molecule has 1 heterocycles. The zero-order valence-electron chi connectivity index (χ0n) is 16.5. The van der Waals surface area contributed by atoms with Gasteiger partial charge in [-0.2, -0.15) is 10.1 Å². The van der Waals surface area contributed by atoms with Gasteiger partial charge in [0.05, 0.1) is 12.8 Å². The van der Waals surface area contributed by atoms with Gasteiger partial charge in [-0.3, -0.25) is 0 Å². The number of nitrogens with one attached hydrogen (secondary N) is 2. The molecule has 0 amide bonds. The largest absolute Gasteiger partial charge is 0.494 e. The lowest BCUT2D eigenvalue weighted by atomic mass is 10.2. The quantitative estimate of drug-likeness (QED) is 0.563. The Balaban J connectivity index is 1.66. The Kier molecular flexibility index (Phi) is 6.62. The van der Waals surface area contributed by atoms with Crippen LogP contribution in [-0.4, -0.2) is 34.9 Å². The van der Waals surface area contributed by atoms with E-state index in [4.69, 9.17) is 4.74 Å². The molecule has 7 heteroatoms. The summed E-state index contributed by atoms with van der Waals surface area (Å²) in [5.41, 5.74) is 3.01. The minimum Gasteiger partial charge on any atom is -0.494 e. The van der Waals surface area contributed by atoms with E-state index >= 15 is 0 Å². The average Bonchev–Trinajstić information content (AvgIpc) is 2.72. The first-order valence-electron chi connectivity index (χ1n) is 9.53. The van der Waals surface area contributed by atoms with E-state index in [1.165, 1.54) is 5.69 Å². The summed E-state index contributed by atoms with van der Waals surface area (Å²) >= 11 is 0. The standard InChI is InChI=1S/C21H26N6O/c1-4-27(5-2)18-11-7-17(8-12-18)24-21-25-20(15-22-26-21)23-16-9-13-19(14-10-16)28-6-3/h7-15H,4-6H2,1-3H3,(H2,23,24,25,26). The van der Waals surface area contributed by atoms with E-state index in [0.717, 1.165) is 30.2 Å². The van der Waals surface area contributed by atoms with Crippen molar-refractivity contribution in [3.63, 3.8) is 0 Å². The Labute approximate surface area is 165 Å². The van der Waals surface area contributed by atoms with Crippen molar-refractivity contribution in [3.8, 4) is 5.75 Å². The summed E-state index contributed by atoms with van der Waals surface area (Å²) in [4.78, 5) is 6.77. The van der Waals surface area contributed by atoms with Crippen molar-refractivity contribution in [2.75, 3.05) is 35.2 Å². The average molecular weight is 378 g/mol. The molecule has 0 saturated carbocycles. The van der Waals surface area contributed by atoms with Gasteiger partial charge in [0.2, 0.25) is 5.95 Å². The Morgan fingerprint density at radius 2 is 1.50 bits per heavy atom. The van der Waals surface area contributed by atoms with E-state index in [1.54, 1.807) is 6.20 Å². The molecule has 0 saturated heterocycles. The molecule has 3 aromatic rings. The lowest BCUT2D eigenvalue weighted by molar-refractivity contribution is 0.340. The molecule has 7 nitrogen and oxygen atoms in total. The van der Waals surface area contributed by atoms with Crippen molar-refractivity contribution in [2.24, 2.45) is 0 Å². The molecule has 0 atom stereocenters. The lowest BCUT2D eigenvalue weighted by Crippen LogP contribution is -2.21. The van der Waals surface area contributed by atoms with E-state index in [1.807, 2.05) is 43.3 Å². The van der Waals surface area contributed by atoms with Crippen LogP contribution in [0.25, 0.3) is 0 Å². The van der Waals surface area contributed by atoms with Gasteiger partial charge >= 0.3 is 0 Å². The molecule has 2 aromatic carbocycles. The lowest BCUT2D eigenvalue weighted by Gasteiger charge is -2.21. The van der Waals surface area contributed by atoms with Crippen LogP contribution in [0.5, 0.6) is 5.75 Å². The summed E-state index contributed by atoms with van der Waals surface area (Å²) in [5.74, 6) is 1.89. The van der Waals surface area contributed by atoms with E-state index < -0.39 is 0 Å². The van der Waals surface area contributed by atoms with Crippen molar-refractivity contribution in [1.82, 2.24) is 15.2 Å². The molecular weight excluding hydrogens is 352 g/mol. The molecule has 3 rings (SSSR count). The van der Waals surface area contributed by atoms with Crippen LogP contribution in [0.3, 0.4) is 0 Å². The van der Waals surface area contributed by atoms with Crippen LogP contribution >= 0.6 is 0 Å². The SMILES string of the molecule is CCOc1ccc(Nc2cnnc(Nc3ccc(N(CC)CC)cc3)n2)cc1. The maximum absolute atomic E-state index is 5.46. The molecule has 0 aliphatic carbocycles. The first-order valence-corrected chi connectivity index (χ1v) is 9.53. The Morgan fingerprint density at radius 3 is 2.14 bits per heavy atom. The number of hydrogen-bond donors (Lipinski definition) is 2. The molecule has 0 spiro atoms. The van der Waals surface area contributed by atoms with Crippen LogP contribution in [0.1, 0.15) is 20.8 Å². The molecule has 146 valence electrons. The molecule has 0 unspecified atom stereocenters. The normalized spacial score (nSPS) is 10.4. The van der Waals surface area contributed by atoms with Crippen molar-refractivity contribution in [1.29, 1.82) is 0 Å². The maximum atomic E-state index is 5.46. The van der Waals surface area contributed by atoms with Crippen molar-refractivity contribution in [3.05, 3.63) is 54.7 Å². The Morgan fingerprint density at radius 1 is 0.857 bits per heavy atom. The molecule has 28 heavy (non-hydrogen) atoms. The van der Waals surface area contributed by atoms with Gasteiger partial charge in [-0.25, -0.2) is 0 Å². The molecule has 0 aliphatic heterocycles. The van der Waals surface area contributed by atoms with Crippen LogP contribution in [-0.2, 0) is 0 Å². The van der Waals surface area contributed by atoms with E-state index in [-0.39, 0.29) is 0 Å². The minimum absolute atomic E-state index is 0.437. The first-order chi connectivity index (χ1) is 13.7. The second kappa shape index (κ2) is 9.55. The van der Waals surface area contributed by atoms with Crippen LogP contribution in [0.4, 0.5) is 28.8 Å². The number of aromatic nitrogens is 3. The van der Waals surface area contributed by atoms with Gasteiger partial charge in [0.1, 0.15) is 5.75 Å². The summed E-state index contributed by atoms with van der Waals surface area (Å²) in [7, 11) is 0. The van der Waals surface area contributed by atoms with Gasteiger partial charge in [-0.05, 0) is 69.3 Å². The second-order valence-electron chi connectivity index (χ2n) is 6.09. The second-order valence-corrected chi connectivity index (χ2v) is 6.09. The number of benzene rings is 2. The number of rotatable bonds is 9. The van der Waals surface area contributed by atoms with Gasteiger partial charge < -0.3 is 20.3 Å². The third kappa shape index (κ3) is 5.09. The minimum atomic E-state index is 0.437. The fourth-order valence-electron chi connectivity index (χ4n) is 2.84. The summed E-state index contributed by atoms with van der Waals surface area (Å²) in [6.45, 7) is 8.87. The molecule has 1 aromatic heterocycles. The smallest absolute Gasteiger partial charge is 0.249 e. The topological polar surface area (TPSA) is 75.2 Å². The van der Waals surface area contributed by atoms with Crippen LogP contribution in [0, 0.1) is 0 Å². The predicted molar refractivity (Wildman–Crippen MR) is 114 cm³/mol. The van der Waals surface area contributed by atoms with Crippen LogP contribution < -0.4 is 20.3 Å². The highest BCUT2D eigenvalue weighted by molar-refractivity contribution is 5.61. The highest BCUT2D eigenvalue weighted by Crippen LogP contribution is 2.21. The summed E-state index contributed by atoms with van der Waals surface area (Å²) in [5, 5.41) is 14.5. The fraction of sp³-hybridized carbons (Fsp3) is 0.286. The highest BCUT2D eigenvalue weighted by atomic mass is 16.5. The molecular formula is C21H26N6O. The third-order valence-electron chi connectivity index (χ3n) is 4.25. The fourth-order valence-corrected chi connectivity index (χ4v) is 2.84. The van der Waals surface area contributed by atoms with Crippen molar-refractivity contribution >= 4 is 28.8 Å². The van der Waals surface area contributed by atoms with Crippen molar-refractivity contribution < 1.29 is 4.74 Å². The van der Waals surface area contributed by atoms with Gasteiger partial charge in [-0.15, -0.1) is 5.10 Å². The number of ether oxygens (including phenoxy) is 1. The van der Waals surface area contributed by atoms with Gasteiger partial charge in [0.25, 0.3) is 0 Å². The molecule has 2 N–H and O–H groups in total. The molecule has 0 aliphatic rings. The first kappa shape index (κ1) is 19.4. The van der Waals surface area contributed by atoms with E-state index in [2.05, 4.69) is 56.7 Å². The Hall–Kier alpha value is -3.35. The zero-order valence-corrected chi connectivity index (χ0v) is 16.5. The summed E-state index contributed by atoms with van der Waals surface area (Å²) < 4.78 is 5.46. The van der Waals surface area contributed by atoms with Gasteiger partial charge in [-0.1, -0.05) is 0 Å². The van der Waals surface area contributed by atoms with Gasteiger partial charge in [0, 0.05) is 30.2 Å². The van der Waals surface area contributed by atoms with Crippen LogP contribution in [0.15, 0.2) is 54.7 Å². The maximum Gasteiger partial charge on any atom is 0.249 e. The zero-order chi connectivity index (χ0) is 19.8. The monoisotopic (exact) mass is 378 g/mol. The molecule has 0 radical (unpaired) electrons. The third-order valence-corrected chi connectivity index (χ3v) is 4.25. The molecule has 0 bridgehead atoms. The number of anilines is 5. The van der Waals surface area contributed by atoms with Crippen molar-refractivity contribution in [2.45, 2.75) is 20.8 Å². The summed E-state index contributed by atoms with van der Waals surface area (Å²) in [6.07, 6.45) is 1.59. The number of hydrogen-bond acceptors (Lipinski definition) is 7. The number of nitrogens with zero attached hydrogens (tertiary/aromatic N) is 4. The van der Waals surface area contributed by atoms with E-state index in [9.17, 15) is 0 Å². The van der Waals surface area contributed by atoms with Crippen LogP contribution in [0.2, 0.25) is 0 Å². The summed E-state index contributed by atoms with van der Waals surface area (Å²) in [6, 6.07) is 15.9. The highest BCUT2D eigenvalue weighted by Gasteiger charge is 2.05. The molecule has 0 fully saturated rings. The van der Waals surface area contributed by atoms with E-state index in [0.29, 0.717) is 18.4 Å². The Bertz CT molecular complexity index is 863. The van der Waals surface area contributed by atoms with Gasteiger partial charge in [0.15, 0.2) is 5.82 Å². The predicted octanol–water partition coefficient (Wildman–Crippen LogP) is 4.60.